The van der Waals surface area contributed by atoms with Gasteiger partial charge in [0.2, 0.25) is 17.7 Å². The van der Waals surface area contributed by atoms with E-state index in [2.05, 4.69) is 34.4 Å². The maximum absolute atomic E-state index is 14.1. The largest absolute Gasteiger partial charge is 0.345 e. The van der Waals surface area contributed by atoms with Gasteiger partial charge in [0.25, 0.3) is 0 Å². The van der Waals surface area contributed by atoms with Crippen LogP contribution in [0.3, 0.4) is 0 Å². The number of hydrogen-bond acceptors (Lipinski definition) is 4. The highest BCUT2D eigenvalue weighted by atomic mass is 19.1. The lowest BCUT2D eigenvalue weighted by molar-refractivity contribution is -0.138. The zero-order valence-electron chi connectivity index (χ0n) is 20.9. The van der Waals surface area contributed by atoms with E-state index in [0.29, 0.717) is 29.7 Å². The summed E-state index contributed by atoms with van der Waals surface area (Å²) in [6.07, 6.45) is 3.67. The molecule has 1 aliphatic heterocycles. The molecule has 1 saturated heterocycles. The summed E-state index contributed by atoms with van der Waals surface area (Å²) in [6.45, 7) is 8.59. The number of benzene rings is 1. The number of aromatic nitrogens is 2. The van der Waals surface area contributed by atoms with Crippen LogP contribution in [0.4, 0.5) is 4.39 Å². The van der Waals surface area contributed by atoms with Crippen LogP contribution >= 0.6 is 0 Å². The zero-order chi connectivity index (χ0) is 25.3. The van der Waals surface area contributed by atoms with E-state index in [1.807, 2.05) is 11.8 Å². The Kier molecular flexibility index (Phi) is 7.42. The number of aromatic amines is 1. The summed E-state index contributed by atoms with van der Waals surface area (Å²) in [6, 6.07) is 3.20. The van der Waals surface area contributed by atoms with Gasteiger partial charge in [-0.25, -0.2) is 9.37 Å². The highest BCUT2D eigenvalue weighted by molar-refractivity contribution is 5.93. The number of para-hydroxylation sites is 1. The molecule has 2 aromatic rings. The number of imidazole rings is 1. The molecule has 1 aromatic carbocycles. The van der Waals surface area contributed by atoms with Gasteiger partial charge < -0.3 is 20.5 Å². The van der Waals surface area contributed by atoms with Crippen molar-refractivity contribution in [1.82, 2.24) is 25.5 Å². The number of carbonyl (C=O) groups excluding carboxylic acids is 3. The molecule has 0 radical (unpaired) electrons. The first-order valence-electron chi connectivity index (χ1n) is 12.7. The van der Waals surface area contributed by atoms with E-state index in [1.54, 1.807) is 19.1 Å². The normalized spacial score (nSPS) is 23.7. The molecule has 3 N–H and O–H groups in total. The SMILES string of the molecule is CC(NC(=O)C(CC(=O)N1CCCC[C@@H]1C)NC(=O)C1CC1C(C)C)c1nc2c(F)cccc2[nH]1. The van der Waals surface area contributed by atoms with Gasteiger partial charge in [0.1, 0.15) is 17.4 Å². The fraction of sp³-hybridized carbons (Fsp3) is 0.615. The molecule has 9 heteroatoms. The third-order valence-electron chi connectivity index (χ3n) is 7.42. The molecule has 35 heavy (non-hydrogen) atoms. The lowest BCUT2D eigenvalue weighted by atomic mass is 10.0. The van der Waals surface area contributed by atoms with E-state index in [9.17, 15) is 18.8 Å². The Morgan fingerprint density at radius 2 is 1.97 bits per heavy atom. The topological polar surface area (TPSA) is 107 Å². The molecule has 2 aliphatic rings. The van der Waals surface area contributed by atoms with E-state index in [0.717, 1.165) is 25.7 Å². The van der Waals surface area contributed by atoms with Crippen LogP contribution in [0.25, 0.3) is 11.0 Å². The van der Waals surface area contributed by atoms with Gasteiger partial charge in [-0.2, -0.15) is 0 Å². The maximum Gasteiger partial charge on any atom is 0.243 e. The Hall–Kier alpha value is -2.97. The third-order valence-corrected chi connectivity index (χ3v) is 7.42. The zero-order valence-corrected chi connectivity index (χ0v) is 20.9. The number of H-pyrrole nitrogens is 1. The summed E-state index contributed by atoms with van der Waals surface area (Å²) in [4.78, 5) is 48.4. The lowest BCUT2D eigenvalue weighted by Crippen LogP contribution is -2.52. The van der Waals surface area contributed by atoms with Gasteiger partial charge in [-0.3, -0.25) is 14.4 Å². The number of rotatable bonds is 8. The van der Waals surface area contributed by atoms with Crippen LogP contribution in [-0.2, 0) is 14.4 Å². The summed E-state index contributed by atoms with van der Waals surface area (Å²) in [5.41, 5.74) is 0.741. The van der Waals surface area contributed by atoms with E-state index >= 15 is 0 Å². The van der Waals surface area contributed by atoms with Gasteiger partial charge in [-0.15, -0.1) is 0 Å². The van der Waals surface area contributed by atoms with Crippen LogP contribution in [0.2, 0.25) is 0 Å². The van der Waals surface area contributed by atoms with Crippen molar-refractivity contribution < 1.29 is 18.8 Å². The number of halogens is 1. The van der Waals surface area contributed by atoms with Gasteiger partial charge in [0, 0.05) is 18.5 Å². The number of fused-ring (bicyclic) bond motifs is 1. The third kappa shape index (κ3) is 5.65. The molecule has 0 spiro atoms. The number of piperidine rings is 1. The quantitative estimate of drug-likeness (QED) is 0.532. The molecular formula is C26H36FN5O3. The Balaban J connectivity index is 1.47. The van der Waals surface area contributed by atoms with Crippen LogP contribution in [-0.4, -0.2) is 51.2 Å². The molecule has 1 aliphatic carbocycles. The minimum absolute atomic E-state index is 0.0948. The van der Waals surface area contributed by atoms with Gasteiger partial charge in [0.15, 0.2) is 5.82 Å². The van der Waals surface area contributed by atoms with Gasteiger partial charge >= 0.3 is 0 Å². The monoisotopic (exact) mass is 485 g/mol. The van der Waals surface area contributed by atoms with Crippen LogP contribution in [0.1, 0.15) is 71.7 Å². The standard InChI is InChI=1S/C26H36FN5O3/c1-14(2)17-12-18(17)25(34)30-21(13-22(33)32-11-6-5-8-15(32)3)26(35)28-16(4)24-29-20-10-7-9-19(27)23(20)31-24/h7,9-10,14-18,21H,5-6,8,11-13H2,1-4H3,(H,28,35)(H,29,31)(H,30,34)/t15-,16?,17?,18?,21?/m0/s1. The molecule has 3 amide bonds. The lowest BCUT2D eigenvalue weighted by Gasteiger charge is -2.34. The average Bonchev–Trinajstić information content (AvgIpc) is 3.50. The summed E-state index contributed by atoms with van der Waals surface area (Å²) < 4.78 is 14.1. The molecular weight excluding hydrogens is 449 g/mol. The molecule has 4 rings (SSSR count). The second-order valence-electron chi connectivity index (χ2n) is 10.4. The van der Waals surface area contributed by atoms with Crippen molar-refractivity contribution in [2.24, 2.45) is 17.8 Å². The predicted molar refractivity (Wildman–Crippen MR) is 131 cm³/mol. The molecule has 0 bridgehead atoms. The van der Waals surface area contributed by atoms with Crippen molar-refractivity contribution in [3.63, 3.8) is 0 Å². The van der Waals surface area contributed by atoms with Gasteiger partial charge in [-0.1, -0.05) is 19.9 Å². The number of hydrogen-bond donors (Lipinski definition) is 3. The smallest absolute Gasteiger partial charge is 0.243 e. The van der Waals surface area contributed by atoms with Gasteiger partial charge in [0.05, 0.1) is 18.0 Å². The predicted octanol–water partition coefficient (Wildman–Crippen LogP) is 3.45. The second kappa shape index (κ2) is 10.3. The van der Waals surface area contributed by atoms with Crippen LogP contribution in [0.5, 0.6) is 0 Å². The van der Waals surface area contributed by atoms with Crippen molar-refractivity contribution in [1.29, 1.82) is 0 Å². The number of nitrogens with zero attached hydrogens (tertiary/aromatic N) is 2. The van der Waals surface area contributed by atoms with Gasteiger partial charge in [-0.05, 0) is 63.5 Å². The van der Waals surface area contributed by atoms with E-state index < -0.39 is 23.8 Å². The minimum Gasteiger partial charge on any atom is -0.345 e. The molecule has 190 valence electrons. The Labute approximate surface area is 205 Å². The van der Waals surface area contributed by atoms with Crippen molar-refractivity contribution in [2.45, 2.75) is 77.9 Å². The Morgan fingerprint density at radius 1 is 1.20 bits per heavy atom. The van der Waals surface area contributed by atoms with E-state index in [4.69, 9.17) is 0 Å². The molecule has 4 unspecified atom stereocenters. The molecule has 2 fully saturated rings. The highest BCUT2D eigenvalue weighted by Gasteiger charge is 2.45. The molecule has 1 aromatic heterocycles. The van der Waals surface area contributed by atoms with Crippen molar-refractivity contribution >= 4 is 28.8 Å². The fourth-order valence-electron chi connectivity index (χ4n) is 5.11. The summed E-state index contributed by atoms with van der Waals surface area (Å²) in [5, 5.41) is 5.71. The molecule has 8 nitrogen and oxygen atoms in total. The molecule has 1 saturated carbocycles. The van der Waals surface area contributed by atoms with Crippen molar-refractivity contribution in [2.75, 3.05) is 6.54 Å². The van der Waals surface area contributed by atoms with Crippen LogP contribution < -0.4 is 10.6 Å². The highest BCUT2D eigenvalue weighted by Crippen LogP contribution is 2.44. The second-order valence-corrected chi connectivity index (χ2v) is 10.4. The number of nitrogens with one attached hydrogen (secondary N) is 3. The molecule has 2 heterocycles. The summed E-state index contributed by atoms with van der Waals surface area (Å²) in [5.74, 6) is -0.227. The first-order valence-corrected chi connectivity index (χ1v) is 12.7. The summed E-state index contributed by atoms with van der Waals surface area (Å²) in [7, 11) is 0. The van der Waals surface area contributed by atoms with Crippen LogP contribution in [0, 0.1) is 23.6 Å². The number of amides is 3. The van der Waals surface area contributed by atoms with E-state index in [1.165, 1.54) is 6.07 Å². The minimum atomic E-state index is -0.985. The Morgan fingerprint density at radius 3 is 2.63 bits per heavy atom. The van der Waals surface area contributed by atoms with E-state index in [-0.39, 0.29) is 35.7 Å². The number of likely N-dealkylation sites (tertiary alicyclic amines) is 1. The maximum atomic E-state index is 14.1. The van der Waals surface area contributed by atoms with Crippen molar-refractivity contribution in [3.8, 4) is 0 Å². The number of carbonyl (C=O) groups is 3. The van der Waals surface area contributed by atoms with Crippen LogP contribution in [0.15, 0.2) is 18.2 Å². The Bertz CT molecular complexity index is 1100. The first-order chi connectivity index (χ1) is 16.7. The summed E-state index contributed by atoms with van der Waals surface area (Å²) >= 11 is 0. The molecule has 5 atom stereocenters. The fourth-order valence-corrected chi connectivity index (χ4v) is 5.11. The average molecular weight is 486 g/mol. The van der Waals surface area contributed by atoms with Crippen molar-refractivity contribution in [3.05, 3.63) is 29.8 Å². The first kappa shape index (κ1) is 25.1.